The van der Waals surface area contributed by atoms with Crippen LogP contribution in [0.5, 0.6) is 0 Å². The standard InChI is InChI=1S/C27H24N4O4/c1-3-31-26(33)23(25(32)29-21-17-20(15-16-28-21)27(34)35-4-2)22(18-11-7-5-8-12-18)24(30-31)19-13-9-6-10-14-19/h5-17H,3-4H2,1-2H3,(H,28,29,32). The molecule has 2 aromatic heterocycles. The zero-order valence-corrected chi connectivity index (χ0v) is 19.4. The number of amides is 1. The molecule has 8 nitrogen and oxygen atoms in total. The summed E-state index contributed by atoms with van der Waals surface area (Å²) in [6.07, 6.45) is 1.40. The van der Waals surface area contributed by atoms with Gasteiger partial charge in [-0.05, 0) is 31.5 Å². The van der Waals surface area contributed by atoms with Gasteiger partial charge in [-0.15, -0.1) is 0 Å². The van der Waals surface area contributed by atoms with Crippen LogP contribution in [0.15, 0.2) is 83.8 Å². The molecule has 0 unspecified atom stereocenters. The van der Waals surface area contributed by atoms with E-state index in [1.807, 2.05) is 60.7 Å². The third-order valence-corrected chi connectivity index (χ3v) is 5.30. The van der Waals surface area contributed by atoms with Crippen molar-refractivity contribution in [1.82, 2.24) is 14.8 Å². The van der Waals surface area contributed by atoms with Crippen molar-refractivity contribution in [2.24, 2.45) is 0 Å². The molecule has 0 saturated heterocycles. The SMILES string of the molecule is CCOC(=O)c1ccnc(NC(=O)c2c(-c3ccccc3)c(-c3ccccc3)nn(CC)c2=O)c1. The second-order valence-electron chi connectivity index (χ2n) is 7.56. The normalized spacial score (nSPS) is 10.6. The van der Waals surface area contributed by atoms with Crippen LogP contribution in [-0.2, 0) is 11.3 Å². The maximum absolute atomic E-state index is 13.6. The molecule has 0 bridgehead atoms. The van der Waals surface area contributed by atoms with Gasteiger partial charge in [-0.25, -0.2) is 14.5 Å². The molecule has 2 heterocycles. The molecule has 0 saturated carbocycles. The van der Waals surface area contributed by atoms with Gasteiger partial charge in [0.25, 0.3) is 11.5 Å². The van der Waals surface area contributed by atoms with Crippen molar-refractivity contribution in [3.8, 4) is 22.4 Å². The summed E-state index contributed by atoms with van der Waals surface area (Å²) in [6.45, 7) is 4.00. The van der Waals surface area contributed by atoms with Crippen LogP contribution in [0.2, 0.25) is 0 Å². The van der Waals surface area contributed by atoms with Crippen molar-refractivity contribution < 1.29 is 14.3 Å². The predicted molar refractivity (Wildman–Crippen MR) is 133 cm³/mol. The number of benzene rings is 2. The quantitative estimate of drug-likeness (QED) is 0.403. The number of aryl methyl sites for hydroxylation is 1. The first kappa shape index (κ1) is 23.6. The van der Waals surface area contributed by atoms with E-state index in [2.05, 4.69) is 15.4 Å². The summed E-state index contributed by atoms with van der Waals surface area (Å²) < 4.78 is 6.29. The van der Waals surface area contributed by atoms with Crippen LogP contribution in [0.4, 0.5) is 5.82 Å². The minimum Gasteiger partial charge on any atom is -0.462 e. The molecule has 176 valence electrons. The van der Waals surface area contributed by atoms with Gasteiger partial charge in [-0.1, -0.05) is 60.7 Å². The Morgan fingerprint density at radius 1 is 0.943 bits per heavy atom. The van der Waals surface area contributed by atoms with Crippen molar-refractivity contribution in [1.29, 1.82) is 0 Å². The maximum atomic E-state index is 13.6. The Morgan fingerprint density at radius 3 is 2.23 bits per heavy atom. The number of hydrogen-bond donors (Lipinski definition) is 1. The van der Waals surface area contributed by atoms with Crippen LogP contribution in [0.3, 0.4) is 0 Å². The fraction of sp³-hybridized carbons (Fsp3) is 0.148. The average molecular weight is 469 g/mol. The van der Waals surface area contributed by atoms with E-state index in [4.69, 9.17) is 4.74 Å². The number of pyridine rings is 1. The lowest BCUT2D eigenvalue weighted by Gasteiger charge is -2.16. The average Bonchev–Trinajstić information content (AvgIpc) is 2.89. The smallest absolute Gasteiger partial charge is 0.338 e. The highest BCUT2D eigenvalue weighted by atomic mass is 16.5. The molecule has 0 atom stereocenters. The van der Waals surface area contributed by atoms with Gasteiger partial charge in [0.1, 0.15) is 11.4 Å². The summed E-state index contributed by atoms with van der Waals surface area (Å²) in [7, 11) is 0. The van der Waals surface area contributed by atoms with Crippen molar-refractivity contribution >= 4 is 17.7 Å². The number of ether oxygens (including phenoxy) is 1. The monoisotopic (exact) mass is 468 g/mol. The number of hydrogen-bond acceptors (Lipinski definition) is 6. The van der Waals surface area contributed by atoms with E-state index in [0.29, 0.717) is 16.8 Å². The Kier molecular flexibility index (Phi) is 7.11. The van der Waals surface area contributed by atoms with Crippen LogP contribution in [0, 0.1) is 0 Å². The zero-order chi connectivity index (χ0) is 24.8. The molecule has 1 amide bonds. The van der Waals surface area contributed by atoms with Gasteiger partial charge in [-0.3, -0.25) is 9.59 Å². The van der Waals surface area contributed by atoms with Gasteiger partial charge in [-0.2, -0.15) is 5.10 Å². The molecule has 0 aliphatic heterocycles. The lowest BCUT2D eigenvalue weighted by molar-refractivity contribution is 0.0526. The number of anilines is 1. The Morgan fingerprint density at radius 2 is 1.60 bits per heavy atom. The number of aromatic nitrogens is 3. The lowest BCUT2D eigenvalue weighted by atomic mass is 9.95. The Balaban J connectivity index is 1.88. The largest absolute Gasteiger partial charge is 0.462 e. The number of carbonyl (C=O) groups excluding carboxylic acids is 2. The summed E-state index contributed by atoms with van der Waals surface area (Å²) in [5.41, 5.74) is 2.04. The molecular weight excluding hydrogens is 444 g/mol. The molecule has 0 aliphatic rings. The first-order valence-electron chi connectivity index (χ1n) is 11.2. The van der Waals surface area contributed by atoms with Crippen LogP contribution in [0.25, 0.3) is 22.4 Å². The van der Waals surface area contributed by atoms with E-state index in [0.717, 1.165) is 5.56 Å². The van der Waals surface area contributed by atoms with E-state index >= 15 is 0 Å². The highest BCUT2D eigenvalue weighted by molar-refractivity contribution is 6.10. The predicted octanol–water partition coefficient (Wildman–Crippen LogP) is 4.42. The fourth-order valence-corrected chi connectivity index (χ4v) is 3.70. The third kappa shape index (κ3) is 5.01. The summed E-state index contributed by atoms with van der Waals surface area (Å²) in [6, 6.07) is 21.5. The molecule has 4 rings (SSSR count). The zero-order valence-electron chi connectivity index (χ0n) is 19.4. The van der Waals surface area contributed by atoms with Gasteiger partial charge in [0.15, 0.2) is 0 Å². The van der Waals surface area contributed by atoms with Crippen molar-refractivity contribution in [2.45, 2.75) is 20.4 Å². The van der Waals surface area contributed by atoms with Crippen molar-refractivity contribution in [2.75, 3.05) is 11.9 Å². The van der Waals surface area contributed by atoms with Gasteiger partial charge >= 0.3 is 5.97 Å². The molecule has 0 radical (unpaired) electrons. The fourth-order valence-electron chi connectivity index (χ4n) is 3.70. The molecule has 1 N–H and O–H groups in total. The van der Waals surface area contributed by atoms with Crippen LogP contribution < -0.4 is 10.9 Å². The summed E-state index contributed by atoms with van der Waals surface area (Å²) in [4.78, 5) is 43.2. The minimum atomic E-state index is -0.649. The topological polar surface area (TPSA) is 103 Å². The Labute approximate surface area is 202 Å². The number of nitrogens with zero attached hydrogens (tertiary/aromatic N) is 3. The molecule has 8 heteroatoms. The third-order valence-electron chi connectivity index (χ3n) is 5.30. The highest BCUT2D eigenvalue weighted by Gasteiger charge is 2.25. The van der Waals surface area contributed by atoms with E-state index < -0.39 is 17.4 Å². The second kappa shape index (κ2) is 10.6. The summed E-state index contributed by atoms with van der Waals surface area (Å²) in [5.74, 6) is -1.05. The highest BCUT2D eigenvalue weighted by Crippen LogP contribution is 2.32. The van der Waals surface area contributed by atoms with Crippen LogP contribution >= 0.6 is 0 Å². The molecule has 2 aromatic carbocycles. The van der Waals surface area contributed by atoms with E-state index in [9.17, 15) is 14.4 Å². The summed E-state index contributed by atoms with van der Waals surface area (Å²) in [5, 5.41) is 7.27. The van der Waals surface area contributed by atoms with Crippen LogP contribution in [-0.4, -0.2) is 33.2 Å². The Hall–Kier alpha value is -4.59. The molecule has 0 fully saturated rings. The molecule has 0 aliphatic carbocycles. The van der Waals surface area contributed by atoms with E-state index in [1.54, 1.807) is 13.8 Å². The lowest BCUT2D eigenvalue weighted by Crippen LogP contribution is -2.32. The molecular formula is C27H24N4O4. The van der Waals surface area contributed by atoms with Gasteiger partial charge in [0, 0.05) is 23.9 Å². The number of rotatable bonds is 7. The molecule has 0 spiro atoms. The van der Waals surface area contributed by atoms with Crippen molar-refractivity contribution in [3.05, 3.63) is 100 Å². The van der Waals surface area contributed by atoms with Crippen LogP contribution in [0.1, 0.15) is 34.6 Å². The molecule has 35 heavy (non-hydrogen) atoms. The van der Waals surface area contributed by atoms with Crippen molar-refractivity contribution in [3.63, 3.8) is 0 Å². The Bertz CT molecular complexity index is 1420. The van der Waals surface area contributed by atoms with E-state index in [-0.39, 0.29) is 30.1 Å². The first-order valence-corrected chi connectivity index (χ1v) is 11.2. The number of esters is 1. The number of nitrogens with one attached hydrogen (secondary N) is 1. The second-order valence-corrected chi connectivity index (χ2v) is 7.56. The maximum Gasteiger partial charge on any atom is 0.338 e. The minimum absolute atomic E-state index is 0.0600. The van der Waals surface area contributed by atoms with Gasteiger partial charge in [0.2, 0.25) is 0 Å². The van der Waals surface area contributed by atoms with E-state index in [1.165, 1.54) is 23.0 Å². The number of carbonyl (C=O) groups is 2. The molecule has 4 aromatic rings. The first-order chi connectivity index (χ1) is 17.0. The van der Waals surface area contributed by atoms with Gasteiger partial charge in [0.05, 0.1) is 17.9 Å². The van der Waals surface area contributed by atoms with Gasteiger partial charge < -0.3 is 10.1 Å². The summed E-state index contributed by atoms with van der Waals surface area (Å²) >= 11 is 0.